The molecule has 6 N–H and O–H groups in total. The summed E-state index contributed by atoms with van der Waals surface area (Å²) in [6, 6.07) is 3.27. The topological polar surface area (TPSA) is 159 Å². The lowest BCUT2D eigenvalue weighted by molar-refractivity contribution is -0.190. The Bertz CT molecular complexity index is 680. The molecule has 0 spiro atoms. The largest absolute Gasteiger partial charge is 0.469 e. The molecule has 10 nitrogen and oxygen atoms in total. The number of aromatic nitrogens is 1. The summed E-state index contributed by atoms with van der Waals surface area (Å²) >= 11 is 0. The molecular formula is C13H20N3O7P. The summed E-state index contributed by atoms with van der Waals surface area (Å²) in [6.45, 7) is 3.14. The fourth-order valence-electron chi connectivity index (χ4n) is 2.98. The Morgan fingerprint density at radius 1 is 1.29 bits per heavy atom. The van der Waals surface area contributed by atoms with E-state index in [9.17, 15) is 4.57 Å². The van der Waals surface area contributed by atoms with Gasteiger partial charge in [-0.15, -0.1) is 0 Å². The predicted molar refractivity (Wildman–Crippen MR) is 82.5 cm³/mol. The Kier molecular flexibility index (Phi) is 4.33. The van der Waals surface area contributed by atoms with Gasteiger partial charge in [-0.25, -0.2) is 9.55 Å². The molecule has 0 amide bonds. The highest BCUT2D eigenvalue weighted by Gasteiger charge is 2.56. The van der Waals surface area contributed by atoms with Crippen molar-refractivity contribution in [1.29, 1.82) is 0 Å². The number of phosphoric acid groups is 1. The molecule has 1 aromatic rings. The molecule has 4 atom stereocenters. The van der Waals surface area contributed by atoms with E-state index in [0.717, 1.165) is 0 Å². The molecule has 24 heavy (non-hydrogen) atoms. The number of hydrogen-bond acceptors (Lipinski definition) is 8. The van der Waals surface area contributed by atoms with Gasteiger partial charge >= 0.3 is 7.82 Å². The SMILES string of the molecule is CC1(C)O[C@@H]2[C@H](O1)[C@@H](COP(=O)(O)O)O[C@H]2c1ccc(N)nc1N. The second-order valence-electron chi connectivity index (χ2n) is 6.16. The van der Waals surface area contributed by atoms with Gasteiger partial charge in [0.05, 0.1) is 6.61 Å². The van der Waals surface area contributed by atoms with Crippen molar-refractivity contribution in [2.45, 2.75) is 44.1 Å². The van der Waals surface area contributed by atoms with Crippen LogP contribution in [-0.4, -0.2) is 45.5 Å². The monoisotopic (exact) mass is 361 g/mol. The zero-order valence-corrected chi connectivity index (χ0v) is 14.1. The fourth-order valence-corrected chi connectivity index (χ4v) is 3.32. The first-order chi connectivity index (χ1) is 11.1. The van der Waals surface area contributed by atoms with Crippen molar-refractivity contribution < 1.29 is 33.1 Å². The summed E-state index contributed by atoms with van der Waals surface area (Å²) in [7, 11) is -4.62. The average molecular weight is 361 g/mol. The predicted octanol–water partition coefficient (Wildman–Crippen LogP) is 0.315. The third-order valence-electron chi connectivity index (χ3n) is 3.84. The van der Waals surface area contributed by atoms with Crippen LogP contribution in [0.4, 0.5) is 11.6 Å². The van der Waals surface area contributed by atoms with Crippen LogP contribution in [0.1, 0.15) is 25.5 Å². The highest BCUT2D eigenvalue weighted by atomic mass is 31.2. The Morgan fingerprint density at radius 3 is 2.58 bits per heavy atom. The van der Waals surface area contributed by atoms with E-state index in [1.54, 1.807) is 26.0 Å². The lowest BCUT2D eigenvalue weighted by Gasteiger charge is -2.24. The number of nitrogens with zero attached hydrogens (tertiary/aromatic N) is 1. The summed E-state index contributed by atoms with van der Waals surface area (Å²) in [5.74, 6) is -0.395. The summed E-state index contributed by atoms with van der Waals surface area (Å²) in [5, 5.41) is 0. The van der Waals surface area contributed by atoms with Crippen LogP contribution in [0.3, 0.4) is 0 Å². The lowest BCUT2D eigenvalue weighted by Crippen LogP contribution is -2.32. The van der Waals surface area contributed by atoms with Crippen molar-refractivity contribution in [3.05, 3.63) is 17.7 Å². The average Bonchev–Trinajstić information content (AvgIpc) is 2.90. The maximum absolute atomic E-state index is 11.0. The summed E-state index contributed by atoms with van der Waals surface area (Å²) in [5.41, 5.74) is 12.1. The number of rotatable bonds is 4. The molecule has 2 saturated heterocycles. The number of anilines is 2. The van der Waals surface area contributed by atoms with Gasteiger partial charge in [0.2, 0.25) is 0 Å². The second-order valence-corrected chi connectivity index (χ2v) is 7.40. The van der Waals surface area contributed by atoms with Crippen LogP contribution in [0.15, 0.2) is 12.1 Å². The zero-order chi connectivity index (χ0) is 17.7. The Balaban J connectivity index is 1.86. The van der Waals surface area contributed by atoms with Crippen LogP contribution in [0.25, 0.3) is 0 Å². The third kappa shape index (κ3) is 3.55. The van der Waals surface area contributed by atoms with E-state index >= 15 is 0 Å². The van der Waals surface area contributed by atoms with Gasteiger partial charge in [0.1, 0.15) is 36.1 Å². The van der Waals surface area contributed by atoms with Crippen LogP contribution < -0.4 is 11.5 Å². The molecule has 0 aromatic carbocycles. The van der Waals surface area contributed by atoms with E-state index in [-0.39, 0.29) is 18.2 Å². The van der Waals surface area contributed by atoms with Gasteiger partial charge in [0, 0.05) is 5.56 Å². The summed E-state index contributed by atoms with van der Waals surface area (Å²) in [6.07, 6.45) is -2.42. The smallest absolute Gasteiger partial charge is 0.384 e. The van der Waals surface area contributed by atoms with E-state index in [1.807, 2.05) is 0 Å². The molecule has 0 bridgehead atoms. The molecule has 0 radical (unpaired) electrons. The van der Waals surface area contributed by atoms with Gasteiger partial charge < -0.3 is 35.5 Å². The number of ether oxygens (including phenoxy) is 3. The van der Waals surface area contributed by atoms with Crippen LogP contribution in [-0.2, 0) is 23.3 Å². The van der Waals surface area contributed by atoms with Gasteiger partial charge in [-0.3, -0.25) is 4.52 Å². The molecule has 11 heteroatoms. The lowest BCUT2D eigenvalue weighted by atomic mass is 10.0. The Labute approximate surface area is 138 Å². The maximum atomic E-state index is 11.0. The van der Waals surface area contributed by atoms with E-state index in [2.05, 4.69) is 9.51 Å². The minimum atomic E-state index is -4.62. The molecular weight excluding hydrogens is 341 g/mol. The van der Waals surface area contributed by atoms with Gasteiger partial charge in [0.25, 0.3) is 0 Å². The van der Waals surface area contributed by atoms with Gasteiger partial charge in [-0.2, -0.15) is 0 Å². The molecule has 134 valence electrons. The number of pyridine rings is 1. The molecule has 0 unspecified atom stereocenters. The number of phosphoric ester groups is 1. The normalized spacial score (nSPS) is 32.0. The van der Waals surface area contributed by atoms with Crippen molar-refractivity contribution in [2.75, 3.05) is 18.1 Å². The molecule has 0 saturated carbocycles. The van der Waals surface area contributed by atoms with Crippen LogP contribution in [0.2, 0.25) is 0 Å². The Morgan fingerprint density at radius 2 is 1.96 bits per heavy atom. The van der Waals surface area contributed by atoms with Gasteiger partial charge in [-0.05, 0) is 26.0 Å². The minimum absolute atomic E-state index is 0.198. The highest BCUT2D eigenvalue weighted by molar-refractivity contribution is 7.46. The number of fused-ring (bicyclic) bond motifs is 1. The number of hydrogen-bond donors (Lipinski definition) is 4. The molecule has 1 aromatic heterocycles. The van der Waals surface area contributed by atoms with E-state index in [4.69, 9.17) is 35.5 Å². The van der Waals surface area contributed by atoms with Crippen LogP contribution in [0.5, 0.6) is 0 Å². The van der Waals surface area contributed by atoms with Crippen LogP contribution >= 0.6 is 7.82 Å². The van der Waals surface area contributed by atoms with Crippen LogP contribution in [0, 0.1) is 0 Å². The molecule has 2 fully saturated rings. The first kappa shape index (κ1) is 17.6. The zero-order valence-electron chi connectivity index (χ0n) is 13.2. The van der Waals surface area contributed by atoms with E-state index < -0.39 is 38.0 Å². The molecule has 2 aliphatic rings. The first-order valence-corrected chi connectivity index (χ1v) is 8.82. The molecule has 0 aliphatic carbocycles. The molecule has 2 aliphatic heterocycles. The van der Waals surface area contributed by atoms with E-state index in [1.165, 1.54) is 0 Å². The van der Waals surface area contributed by atoms with Crippen molar-refractivity contribution >= 4 is 19.5 Å². The molecule has 3 rings (SSSR count). The van der Waals surface area contributed by atoms with E-state index in [0.29, 0.717) is 5.56 Å². The summed E-state index contributed by atoms with van der Waals surface area (Å²) < 4.78 is 33.0. The highest BCUT2D eigenvalue weighted by Crippen LogP contribution is 2.47. The molecule has 3 heterocycles. The summed E-state index contributed by atoms with van der Waals surface area (Å²) in [4.78, 5) is 21.8. The minimum Gasteiger partial charge on any atom is -0.384 e. The van der Waals surface area contributed by atoms with Crippen molar-refractivity contribution in [2.24, 2.45) is 0 Å². The second kappa shape index (κ2) is 5.92. The number of nitrogens with two attached hydrogens (primary N) is 2. The van der Waals surface area contributed by atoms with Crippen molar-refractivity contribution in [3.63, 3.8) is 0 Å². The van der Waals surface area contributed by atoms with Crippen molar-refractivity contribution in [3.8, 4) is 0 Å². The Hall–Kier alpha value is -1.26. The van der Waals surface area contributed by atoms with Gasteiger partial charge in [0.15, 0.2) is 5.79 Å². The quantitative estimate of drug-likeness (QED) is 0.550. The first-order valence-electron chi connectivity index (χ1n) is 7.29. The standard InChI is InChI=1S/C13H20N3O7P/c1-13(2)22-10-7(5-20-24(17,18)19)21-9(11(10)23-13)6-3-4-8(14)16-12(6)15/h3-4,7,9-11H,5H2,1-2H3,(H4,14,15,16)(H2,17,18,19)/t7-,9+,10-,11+/m1/s1. The van der Waals surface area contributed by atoms with Gasteiger partial charge in [-0.1, -0.05) is 0 Å². The maximum Gasteiger partial charge on any atom is 0.469 e. The third-order valence-corrected chi connectivity index (χ3v) is 4.33. The van der Waals surface area contributed by atoms with Crippen molar-refractivity contribution in [1.82, 2.24) is 4.98 Å². The number of nitrogen functional groups attached to an aromatic ring is 2. The fraction of sp³-hybridized carbons (Fsp3) is 0.615.